The Labute approximate surface area is 828 Å². The zero-order valence-electron chi connectivity index (χ0n) is 75.0. The van der Waals surface area contributed by atoms with E-state index >= 15 is 0 Å². The van der Waals surface area contributed by atoms with Crippen molar-refractivity contribution < 1.29 is 58.0 Å². The minimum absolute atomic E-state index is 0. The van der Waals surface area contributed by atoms with Gasteiger partial charge in [0.05, 0.1) is 97.9 Å². The summed E-state index contributed by atoms with van der Waals surface area (Å²) in [5.41, 5.74) is 37.6. The zero-order chi connectivity index (χ0) is 97.6. The summed E-state index contributed by atoms with van der Waals surface area (Å²) < 4.78 is 13.8. The quantitative estimate of drug-likeness (QED) is 0.0103. The third-order valence-electron chi connectivity index (χ3n) is 26.5. The topological polar surface area (TPSA) is 571 Å². The monoisotopic (exact) mass is 1930 g/mol. The van der Waals surface area contributed by atoms with Gasteiger partial charge in [0, 0.05) is 129 Å². The van der Waals surface area contributed by atoms with Crippen molar-refractivity contribution in [1.29, 1.82) is 0 Å². The molecule has 4 aliphatic heterocycles. The third kappa shape index (κ3) is 18.8. The Kier molecular flexibility index (Phi) is 27.6. The number of carbonyl (C=O) groups excluding carboxylic acids is 7. The second kappa shape index (κ2) is 39.6. The first-order valence-corrected chi connectivity index (χ1v) is 52.8. The van der Waals surface area contributed by atoms with Gasteiger partial charge in [-0.3, -0.25) is 74.0 Å². The molecule has 16 N–H and O–H groups in total. The van der Waals surface area contributed by atoms with Gasteiger partial charge in [0.15, 0.2) is 0 Å². The number of rotatable bonds is 12. The number of nitrogen functional groups attached to an aromatic ring is 4. The number of aromatic nitrogens is 10. The van der Waals surface area contributed by atoms with Crippen molar-refractivity contribution >= 4 is 238 Å². The van der Waals surface area contributed by atoms with E-state index in [1.807, 2.05) is 91.0 Å². The average molecular weight is 1930 g/mol. The number of nitro benzene ring substituents is 4. The van der Waals surface area contributed by atoms with Gasteiger partial charge in [-0.05, 0) is 210 Å². The molecule has 0 radical (unpaired) electrons. The van der Waals surface area contributed by atoms with Crippen LogP contribution in [0.1, 0.15) is 119 Å². The van der Waals surface area contributed by atoms with Crippen LogP contribution in [0.25, 0.3) is 111 Å². The van der Waals surface area contributed by atoms with Gasteiger partial charge in [-0.2, -0.15) is 13.5 Å². The molecule has 0 atom stereocenters. The summed E-state index contributed by atoms with van der Waals surface area (Å²) in [7, 11) is 0. The molecule has 139 heavy (non-hydrogen) atoms. The fourth-order valence-corrected chi connectivity index (χ4v) is 19.0. The number of nitro groups is 4. The number of imidazole rings is 3. The van der Waals surface area contributed by atoms with Crippen LogP contribution in [-0.4, -0.2) is 179 Å². The number of carbonyl (C=O) groups is 7. The van der Waals surface area contributed by atoms with Gasteiger partial charge in [0.25, 0.3) is 52.9 Å². The average Bonchev–Trinajstić information content (AvgIpc) is 1.56. The molecule has 43 heteroatoms. The van der Waals surface area contributed by atoms with E-state index in [0.717, 1.165) is 194 Å². The molecule has 5 amide bonds. The van der Waals surface area contributed by atoms with Gasteiger partial charge in [-0.25, -0.2) is 15.0 Å². The number of ether oxygens (including phenoxy) is 1. The van der Waals surface area contributed by atoms with Crippen LogP contribution in [-0.2, 0) is 36.5 Å². The van der Waals surface area contributed by atoms with Crippen molar-refractivity contribution in [1.82, 2.24) is 69.4 Å². The molecular formula is C96H88ClN23Na2O16S. The number of allylic oxidation sites excluding steroid dienone is 1. The summed E-state index contributed by atoms with van der Waals surface area (Å²) in [5.74, 6) is 2.43. The first-order valence-electron chi connectivity index (χ1n) is 44.4. The van der Waals surface area contributed by atoms with Crippen LogP contribution < -0.4 is 54.3 Å². The number of aromatic amines is 3. The first-order chi connectivity index (χ1) is 66.4. The van der Waals surface area contributed by atoms with Crippen molar-refractivity contribution in [2.75, 3.05) is 54.4 Å². The molecule has 7 aromatic heterocycles. The number of fused-ring (bicyclic) bond motifs is 19. The van der Waals surface area contributed by atoms with Gasteiger partial charge in [-0.15, -0.1) is 0 Å². The number of benzene rings is 9. The summed E-state index contributed by atoms with van der Waals surface area (Å²) >= 11 is 7.59. The first kappa shape index (κ1) is 97.1. The molecule has 4 spiro atoms. The number of amides is 5. The third-order valence-corrected chi connectivity index (χ3v) is 26.6. The predicted octanol–water partition coefficient (Wildman–Crippen LogP) is 15.0. The molecule has 24 rings (SSSR count). The molecule has 0 unspecified atom stereocenters. The zero-order valence-corrected chi connectivity index (χ0v) is 80.8. The van der Waals surface area contributed by atoms with Crippen LogP contribution in [0.4, 0.5) is 51.2 Å². The van der Waals surface area contributed by atoms with Crippen LogP contribution in [0, 0.1) is 40.5 Å². The van der Waals surface area contributed by atoms with Crippen molar-refractivity contribution in [2.45, 2.75) is 99.2 Å². The molecule has 16 aromatic rings. The molecule has 698 valence electrons. The van der Waals surface area contributed by atoms with Crippen LogP contribution in [0.3, 0.4) is 0 Å². The summed E-state index contributed by atoms with van der Waals surface area (Å²) in [6, 6.07) is 54.7. The van der Waals surface area contributed by atoms with Crippen molar-refractivity contribution in [3.05, 3.63) is 277 Å². The molecule has 39 nitrogen and oxygen atoms in total. The van der Waals surface area contributed by atoms with E-state index in [0.29, 0.717) is 77.2 Å². The molecule has 0 saturated heterocycles. The van der Waals surface area contributed by atoms with E-state index in [9.17, 15) is 74.0 Å². The van der Waals surface area contributed by atoms with E-state index in [1.165, 1.54) is 99.3 Å². The van der Waals surface area contributed by atoms with E-state index in [2.05, 4.69) is 114 Å². The van der Waals surface area contributed by atoms with Crippen LogP contribution in [0.2, 0.25) is 0 Å². The molecule has 8 aliphatic rings. The van der Waals surface area contributed by atoms with Gasteiger partial charge in [0.2, 0.25) is 11.1 Å². The summed E-state index contributed by atoms with van der Waals surface area (Å²) in [6.07, 6.45) is 15.7. The van der Waals surface area contributed by atoms with E-state index in [-0.39, 0.29) is 93.6 Å². The van der Waals surface area contributed by atoms with E-state index in [1.54, 1.807) is 12.1 Å². The molecule has 0 bridgehead atoms. The summed E-state index contributed by atoms with van der Waals surface area (Å²) in [4.78, 5) is 144. The number of nitrogens with two attached hydrogens (primary N) is 4. The van der Waals surface area contributed by atoms with E-state index < -0.39 is 30.6 Å². The van der Waals surface area contributed by atoms with Gasteiger partial charge in [0.1, 0.15) is 51.7 Å². The SMILES string of the molecule is C=CC(=O)Cl.C=CC(=O)Nc1ccc2nc(-c3ccc4cc5n(c4c3)C3(CCC3)CNC5=O)[nH]c2c1.Nc1ccc([N+](=O)[O-])cc1N.Nc1ccc([N+](=O)[O-])cc1[N+](=O)[O-].Nc1ccc2nc(-c3ccc4cc5n(c4c3)C3(CCC3)CNC5=O)[nH]c2c1.O=C1NCC2(CCC2)n2c1cc1ccc(-c3nc4ccc([N+](=O)[O-])cc4[nH]3)cc12.O=COc1ccc2cc3n(c2c1)C1(CCC1)CNC3=O.S.[Na][Na]. The van der Waals surface area contributed by atoms with E-state index in [4.69, 9.17) is 49.2 Å². The van der Waals surface area contributed by atoms with Gasteiger partial charge >= 0.3 is 43.6 Å². The Balaban J connectivity index is 0.000000122. The number of non-ortho nitro benzene ring substituents is 3. The summed E-state index contributed by atoms with van der Waals surface area (Å²) in [5, 5.41) is 60.3. The van der Waals surface area contributed by atoms with Gasteiger partial charge < -0.3 is 87.5 Å². The summed E-state index contributed by atoms with van der Waals surface area (Å²) in [6.45, 7) is 9.74. The Morgan fingerprint density at radius 2 is 0.770 bits per heavy atom. The Bertz CT molecular complexity index is 7770. The molecule has 4 aliphatic carbocycles. The van der Waals surface area contributed by atoms with Gasteiger partial charge in [-0.1, -0.05) is 49.6 Å². The molecule has 9 aromatic carbocycles. The maximum atomic E-state index is 12.5. The van der Waals surface area contributed by atoms with Crippen LogP contribution >= 0.6 is 25.1 Å². The number of halogens is 1. The number of nitrogens with one attached hydrogen (secondary N) is 8. The molecule has 4 saturated carbocycles. The number of anilines is 5. The normalized spacial score (nSPS) is 15.5. The Hall–Kier alpha value is -15.0. The molecule has 4 fully saturated rings. The molecule has 11 heterocycles. The van der Waals surface area contributed by atoms with Crippen molar-refractivity contribution in [3.63, 3.8) is 0 Å². The Morgan fingerprint density at radius 1 is 0.424 bits per heavy atom. The number of hydrogen-bond donors (Lipinski definition) is 12. The van der Waals surface area contributed by atoms with Crippen LogP contribution in [0.5, 0.6) is 5.75 Å². The second-order valence-electron chi connectivity index (χ2n) is 34.5. The standard InChI is InChI=1S/C24H21N5O2.C21H17N5O3.C21H19N5O.C15H14N2O3.C6H5N3O4.C6H7N3O2.C3H3ClO.2Na.H2S/c1-2-21(30)26-16-6-7-17-18(12-16)28-22(27-17)15-5-4-14-10-20-23(31)25-13-24(8-3-9-24)29(20)19(14)11-15;27-20-18-8-12-2-3-13(9-17(12)25(18)21(11-22-20)6-1-7-21)19-23-15-5-4-14(26(28)29)10-16(15)24-19;22-14-4-5-15-16(10-14)25-19(24-15)13-3-2-12-8-18-20(27)23-11-21(6-1-7-21)26(18)17(12)9-13;18-9-20-11-3-2-10-6-13-14(19)16-8-15(4-1-5-15)17(13)12(10)7-11;7-5-2-1-4(8(10)11)3-6(5)9(12)13;7-5-2-1-4(9(10)11)3-6(5)8;1-2-3(4)5;;;/h2,4-7,10-12H,1,3,8-9,13H2,(H,25,31)(H,26,30)(H,27,28);2-5,8-10H,1,6-7,11H2,(H,22,27)(H,23,24);2-5,8-10H,1,6-7,11,22H2,(H,23,27)(H,24,25);2-3,6-7,9H,1,4-5,8H2,(H,16,19);1-3H,7H2;1-3H,7-8H2;2H,1H2;;;1H2. The maximum absolute atomic E-state index is 12.5. The predicted molar refractivity (Wildman–Crippen MR) is 535 cm³/mol. The molecular weight excluding hydrogens is 1840 g/mol. The van der Waals surface area contributed by atoms with Crippen molar-refractivity contribution in [2.24, 2.45) is 0 Å². The second-order valence-corrected chi connectivity index (χ2v) is 34.9. The Morgan fingerprint density at radius 3 is 1.13 bits per heavy atom. The number of H-pyrrole nitrogens is 3. The number of hydrogen-bond acceptors (Lipinski definition) is 23. The van der Waals surface area contributed by atoms with Crippen LogP contribution in [0.15, 0.2) is 213 Å². The minimum atomic E-state index is -0.762. The fourth-order valence-electron chi connectivity index (χ4n) is 19.0. The van der Waals surface area contributed by atoms with Crippen molar-refractivity contribution in [3.8, 4) is 39.9 Å². The number of nitrogens with zero attached hydrogens (tertiary/aromatic N) is 11. The fraction of sp³-hybridized carbons (Fsp3) is 0.208.